The van der Waals surface area contributed by atoms with Gasteiger partial charge in [0.05, 0.1) is 20.3 Å². The standard InChI is InChI=1S/C23H26ClNO5/c1-14(26)30-23(2,3)22(27)25-11-10-15-12-19(28-4)20(29-5)13-17(15)21(25)16-8-6-7-9-18(16)24/h6-9,12-13,21H,10-11H2,1-5H3. The number of carbonyl (C=O) groups excluding carboxylic acids is 2. The van der Waals surface area contributed by atoms with E-state index in [9.17, 15) is 9.59 Å². The van der Waals surface area contributed by atoms with E-state index in [0.717, 1.165) is 16.7 Å². The molecule has 1 amide bonds. The van der Waals surface area contributed by atoms with Gasteiger partial charge in [0.1, 0.15) is 0 Å². The first-order chi connectivity index (χ1) is 14.2. The number of rotatable bonds is 5. The largest absolute Gasteiger partial charge is 0.493 e. The average molecular weight is 432 g/mol. The Labute approximate surface area is 181 Å². The first kappa shape index (κ1) is 22.0. The van der Waals surface area contributed by atoms with Crippen LogP contribution in [0.2, 0.25) is 5.02 Å². The summed E-state index contributed by atoms with van der Waals surface area (Å²) in [6, 6.07) is 10.8. The maximum Gasteiger partial charge on any atom is 0.303 e. The SMILES string of the molecule is COc1cc2c(cc1OC)C(c1ccccc1Cl)N(C(=O)C(C)(C)OC(C)=O)CC2. The van der Waals surface area contributed by atoms with Crippen LogP contribution in [0.5, 0.6) is 11.5 Å². The summed E-state index contributed by atoms with van der Waals surface area (Å²) < 4.78 is 16.3. The Morgan fingerprint density at radius 1 is 1.07 bits per heavy atom. The van der Waals surface area contributed by atoms with Gasteiger partial charge in [0.15, 0.2) is 17.1 Å². The quantitative estimate of drug-likeness (QED) is 0.664. The summed E-state index contributed by atoms with van der Waals surface area (Å²) in [7, 11) is 3.17. The molecule has 1 heterocycles. The Balaban J connectivity index is 2.17. The van der Waals surface area contributed by atoms with Crippen LogP contribution in [0.3, 0.4) is 0 Å². The van der Waals surface area contributed by atoms with E-state index in [1.807, 2.05) is 30.3 Å². The molecule has 0 saturated heterocycles. The van der Waals surface area contributed by atoms with Gasteiger partial charge in [0.2, 0.25) is 0 Å². The van der Waals surface area contributed by atoms with Crippen LogP contribution in [-0.4, -0.2) is 43.1 Å². The summed E-state index contributed by atoms with van der Waals surface area (Å²) in [6.45, 7) is 4.94. The normalized spacial score (nSPS) is 15.9. The predicted octanol–water partition coefficient (Wildman–Crippen LogP) is 4.17. The van der Waals surface area contributed by atoms with Gasteiger partial charge in [-0.25, -0.2) is 0 Å². The Bertz CT molecular complexity index is 972. The molecule has 1 unspecified atom stereocenters. The molecule has 0 saturated carbocycles. The molecule has 0 spiro atoms. The molecule has 6 nitrogen and oxygen atoms in total. The molecule has 1 aliphatic rings. The second kappa shape index (κ2) is 8.56. The Morgan fingerprint density at radius 2 is 1.70 bits per heavy atom. The lowest BCUT2D eigenvalue weighted by Gasteiger charge is -2.41. The fourth-order valence-electron chi connectivity index (χ4n) is 3.95. The minimum Gasteiger partial charge on any atom is -0.493 e. The van der Waals surface area contributed by atoms with Gasteiger partial charge < -0.3 is 19.1 Å². The fourth-order valence-corrected chi connectivity index (χ4v) is 4.18. The summed E-state index contributed by atoms with van der Waals surface area (Å²) in [6.07, 6.45) is 0.624. The molecule has 30 heavy (non-hydrogen) atoms. The topological polar surface area (TPSA) is 65.1 Å². The highest BCUT2D eigenvalue weighted by Crippen LogP contribution is 2.43. The number of hydrogen-bond donors (Lipinski definition) is 0. The van der Waals surface area contributed by atoms with Crippen LogP contribution in [0.25, 0.3) is 0 Å². The number of methoxy groups -OCH3 is 2. The number of hydrogen-bond acceptors (Lipinski definition) is 5. The van der Waals surface area contributed by atoms with Crippen LogP contribution in [0.4, 0.5) is 0 Å². The number of benzene rings is 2. The van der Waals surface area contributed by atoms with Crippen LogP contribution < -0.4 is 9.47 Å². The van der Waals surface area contributed by atoms with E-state index in [-0.39, 0.29) is 5.91 Å². The summed E-state index contributed by atoms with van der Waals surface area (Å²) >= 11 is 6.55. The van der Waals surface area contributed by atoms with Crippen molar-refractivity contribution in [1.82, 2.24) is 4.90 Å². The maximum absolute atomic E-state index is 13.5. The average Bonchev–Trinajstić information content (AvgIpc) is 2.71. The first-order valence-electron chi connectivity index (χ1n) is 9.69. The van der Waals surface area contributed by atoms with Gasteiger partial charge in [0.25, 0.3) is 5.91 Å². The number of fused-ring (bicyclic) bond motifs is 1. The Kier molecular flexibility index (Phi) is 6.27. The molecule has 7 heteroatoms. The number of ether oxygens (including phenoxy) is 3. The molecular weight excluding hydrogens is 406 g/mol. The van der Waals surface area contributed by atoms with Gasteiger partial charge in [-0.05, 0) is 55.2 Å². The molecule has 0 radical (unpaired) electrons. The molecular formula is C23H26ClNO5. The van der Waals surface area contributed by atoms with E-state index >= 15 is 0 Å². The molecule has 0 aromatic heterocycles. The number of nitrogens with zero attached hydrogens (tertiary/aromatic N) is 1. The van der Waals surface area contributed by atoms with Crippen LogP contribution in [0, 0.1) is 0 Å². The molecule has 160 valence electrons. The highest BCUT2D eigenvalue weighted by atomic mass is 35.5. The molecule has 0 fully saturated rings. The van der Waals surface area contributed by atoms with Gasteiger partial charge in [0, 0.05) is 18.5 Å². The van der Waals surface area contributed by atoms with Gasteiger partial charge >= 0.3 is 5.97 Å². The van der Waals surface area contributed by atoms with Gasteiger partial charge in [-0.1, -0.05) is 29.8 Å². The molecule has 2 aromatic rings. The van der Waals surface area contributed by atoms with Gasteiger partial charge in [-0.3, -0.25) is 9.59 Å². The first-order valence-corrected chi connectivity index (χ1v) is 10.1. The lowest BCUT2D eigenvalue weighted by molar-refractivity contribution is -0.169. The van der Waals surface area contributed by atoms with E-state index in [2.05, 4.69) is 0 Å². The Hall–Kier alpha value is -2.73. The molecule has 0 N–H and O–H groups in total. The smallest absolute Gasteiger partial charge is 0.303 e. The second-order valence-corrected chi connectivity index (χ2v) is 8.09. The third kappa shape index (κ3) is 4.10. The van der Waals surface area contributed by atoms with E-state index < -0.39 is 17.6 Å². The Morgan fingerprint density at radius 3 is 2.30 bits per heavy atom. The number of esters is 1. The van der Waals surface area contributed by atoms with Crippen molar-refractivity contribution in [3.05, 3.63) is 58.1 Å². The van der Waals surface area contributed by atoms with Crippen molar-refractivity contribution in [2.75, 3.05) is 20.8 Å². The van der Waals surface area contributed by atoms with Crippen LogP contribution in [0.1, 0.15) is 43.5 Å². The number of amides is 1. The van der Waals surface area contributed by atoms with Crippen molar-refractivity contribution in [3.63, 3.8) is 0 Å². The van der Waals surface area contributed by atoms with E-state index in [1.165, 1.54) is 6.92 Å². The van der Waals surface area contributed by atoms with Crippen molar-refractivity contribution in [2.24, 2.45) is 0 Å². The van der Waals surface area contributed by atoms with Crippen LogP contribution in [-0.2, 0) is 20.7 Å². The lowest BCUT2D eigenvalue weighted by atomic mass is 9.86. The van der Waals surface area contributed by atoms with Crippen molar-refractivity contribution in [3.8, 4) is 11.5 Å². The van der Waals surface area contributed by atoms with Crippen LogP contribution >= 0.6 is 11.6 Å². The van der Waals surface area contributed by atoms with Crippen molar-refractivity contribution < 1.29 is 23.8 Å². The third-order valence-corrected chi connectivity index (χ3v) is 5.59. The van der Waals surface area contributed by atoms with Crippen LogP contribution in [0.15, 0.2) is 36.4 Å². The minimum absolute atomic E-state index is 0.289. The number of carbonyl (C=O) groups is 2. The predicted molar refractivity (Wildman–Crippen MR) is 114 cm³/mol. The molecule has 0 bridgehead atoms. The zero-order valence-electron chi connectivity index (χ0n) is 17.8. The van der Waals surface area contributed by atoms with E-state index in [1.54, 1.807) is 39.0 Å². The molecule has 0 aliphatic carbocycles. The second-order valence-electron chi connectivity index (χ2n) is 7.68. The zero-order valence-corrected chi connectivity index (χ0v) is 18.6. The maximum atomic E-state index is 13.5. The van der Waals surface area contributed by atoms with E-state index in [0.29, 0.717) is 29.5 Å². The van der Waals surface area contributed by atoms with Gasteiger partial charge in [-0.15, -0.1) is 0 Å². The van der Waals surface area contributed by atoms with E-state index in [4.69, 9.17) is 25.8 Å². The number of halogens is 1. The molecule has 1 aliphatic heterocycles. The lowest BCUT2D eigenvalue weighted by Crippen LogP contribution is -2.51. The monoisotopic (exact) mass is 431 g/mol. The summed E-state index contributed by atoms with van der Waals surface area (Å²) in [5.74, 6) is 0.408. The fraction of sp³-hybridized carbons (Fsp3) is 0.391. The summed E-state index contributed by atoms with van der Waals surface area (Å²) in [5, 5.41) is 0.549. The van der Waals surface area contributed by atoms with Crippen molar-refractivity contribution >= 4 is 23.5 Å². The molecule has 2 aromatic carbocycles. The highest BCUT2D eigenvalue weighted by Gasteiger charge is 2.42. The summed E-state index contributed by atoms with van der Waals surface area (Å²) in [5.41, 5.74) is 1.43. The minimum atomic E-state index is -1.31. The third-order valence-electron chi connectivity index (χ3n) is 5.25. The van der Waals surface area contributed by atoms with Gasteiger partial charge in [-0.2, -0.15) is 0 Å². The molecule has 1 atom stereocenters. The van der Waals surface area contributed by atoms with Crippen molar-refractivity contribution in [2.45, 2.75) is 38.8 Å². The summed E-state index contributed by atoms with van der Waals surface area (Å²) in [4.78, 5) is 26.8. The zero-order chi connectivity index (χ0) is 22.1. The highest BCUT2D eigenvalue weighted by molar-refractivity contribution is 6.31. The van der Waals surface area contributed by atoms with Crippen molar-refractivity contribution in [1.29, 1.82) is 0 Å². The molecule has 3 rings (SSSR count).